The van der Waals surface area contributed by atoms with Gasteiger partial charge in [0.05, 0.1) is 12.0 Å². The molecular formula is C14H12ClN3. The highest BCUT2D eigenvalue weighted by atomic mass is 35.5. The lowest BCUT2D eigenvalue weighted by Gasteiger charge is -1.96. The minimum Gasteiger partial charge on any atom is -0.325 e. The van der Waals surface area contributed by atoms with Crippen LogP contribution in [0.5, 0.6) is 0 Å². The van der Waals surface area contributed by atoms with E-state index in [1.54, 1.807) is 6.33 Å². The molecule has 2 heterocycles. The maximum atomic E-state index is 5.89. The van der Waals surface area contributed by atoms with Crippen LogP contribution in [0.2, 0.25) is 5.02 Å². The molecule has 0 atom stereocenters. The van der Waals surface area contributed by atoms with Gasteiger partial charge in [-0.25, -0.2) is 4.98 Å². The monoisotopic (exact) mass is 257 g/mol. The van der Waals surface area contributed by atoms with Crippen LogP contribution in [0.1, 0.15) is 5.69 Å². The molecule has 0 spiro atoms. The smallest absolute Gasteiger partial charge is 0.0994 e. The summed E-state index contributed by atoms with van der Waals surface area (Å²) in [6.07, 6.45) is 3.84. The van der Waals surface area contributed by atoms with Crippen molar-refractivity contribution < 1.29 is 0 Å². The molecule has 3 nitrogen and oxygen atoms in total. The Bertz CT molecular complexity index is 686. The third kappa shape index (κ3) is 1.98. The number of fused-ring (bicyclic) bond motifs is 1. The first-order valence-electron chi connectivity index (χ1n) is 5.69. The molecule has 3 rings (SSSR count). The van der Waals surface area contributed by atoms with Crippen molar-refractivity contribution in [3.63, 3.8) is 0 Å². The van der Waals surface area contributed by atoms with Gasteiger partial charge in [-0.2, -0.15) is 0 Å². The highest BCUT2D eigenvalue weighted by Crippen LogP contribution is 2.24. The number of aromatic nitrogens is 2. The molecule has 0 aliphatic heterocycles. The first-order valence-corrected chi connectivity index (χ1v) is 6.07. The first kappa shape index (κ1) is 11.3. The van der Waals surface area contributed by atoms with Crippen LogP contribution in [-0.2, 0) is 6.54 Å². The van der Waals surface area contributed by atoms with Gasteiger partial charge in [-0.3, -0.25) is 0 Å². The van der Waals surface area contributed by atoms with Gasteiger partial charge >= 0.3 is 0 Å². The molecule has 0 fully saturated rings. The molecule has 0 saturated heterocycles. The lowest BCUT2D eigenvalue weighted by Crippen LogP contribution is -2.00. The van der Waals surface area contributed by atoms with Crippen LogP contribution in [0.25, 0.3) is 16.6 Å². The van der Waals surface area contributed by atoms with Gasteiger partial charge in [-0.15, -0.1) is 0 Å². The summed E-state index contributed by atoms with van der Waals surface area (Å²) in [5, 5.41) is 0.745. The summed E-state index contributed by atoms with van der Waals surface area (Å²) in [4.78, 5) is 4.26. The summed E-state index contributed by atoms with van der Waals surface area (Å²) in [7, 11) is 0. The SMILES string of the molecule is NCc1cc2cc(-c3ccc(Cl)cc3)cn2cn1. The molecule has 0 saturated carbocycles. The Morgan fingerprint density at radius 2 is 1.89 bits per heavy atom. The van der Waals surface area contributed by atoms with Crippen molar-refractivity contribution in [1.29, 1.82) is 0 Å². The van der Waals surface area contributed by atoms with E-state index in [1.165, 1.54) is 0 Å². The van der Waals surface area contributed by atoms with Crippen LogP contribution < -0.4 is 5.73 Å². The second-order valence-corrected chi connectivity index (χ2v) is 4.59. The first-order chi connectivity index (χ1) is 8.76. The second-order valence-electron chi connectivity index (χ2n) is 4.15. The summed E-state index contributed by atoms with van der Waals surface area (Å²) >= 11 is 5.89. The summed E-state index contributed by atoms with van der Waals surface area (Å²) in [6.45, 7) is 0.456. The minimum atomic E-state index is 0.456. The van der Waals surface area contributed by atoms with Crippen LogP contribution in [0.15, 0.2) is 48.9 Å². The molecule has 0 unspecified atom stereocenters. The van der Waals surface area contributed by atoms with Crippen molar-refractivity contribution in [2.45, 2.75) is 6.54 Å². The Kier molecular flexibility index (Phi) is 2.78. The van der Waals surface area contributed by atoms with Gasteiger partial charge in [0.15, 0.2) is 0 Å². The summed E-state index contributed by atoms with van der Waals surface area (Å²) in [5.74, 6) is 0. The summed E-state index contributed by atoms with van der Waals surface area (Å²) in [5.41, 5.74) is 9.85. The standard InChI is InChI=1S/C14H12ClN3/c15-12-3-1-10(2-4-12)11-5-14-6-13(7-16)17-9-18(14)8-11/h1-6,8-9H,7,16H2. The van der Waals surface area contributed by atoms with Crippen molar-refractivity contribution in [3.05, 3.63) is 59.6 Å². The molecule has 0 amide bonds. The molecule has 0 aliphatic carbocycles. The Labute approximate surface area is 110 Å². The van der Waals surface area contributed by atoms with Gasteiger partial charge < -0.3 is 10.1 Å². The number of hydrogen-bond acceptors (Lipinski definition) is 2. The predicted octanol–water partition coefficient (Wildman–Crippen LogP) is 3.11. The lowest BCUT2D eigenvalue weighted by molar-refractivity contribution is 0.953. The Balaban J connectivity index is 2.10. The van der Waals surface area contributed by atoms with E-state index < -0.39 is 0 Å². The van der Waals surface area contributed by atoms with E-state index in [4.69, 9.17) is 17.3 Å². The van der Waals surface area contributed by atoms with Crippen LogP contribution in [0, 0.1) is 0 Å². The number of nitrogens with zero attached hydrogens (tertiary/aromatic N) is 2. The van der Waals surface area contributed by atoms with Crippen molar-refractivity contribution in [3.8, 4) is 11.1 Å². The van der Waals surface area contributed by atoms with Crippen LogP contribution in [-0.4, -0.2) is 9.38 Å². The molecule has 3 aromatic rings. The van der Waals surface area contributed by atoms with Crippen molar-refractivity contribution in [1.82, 2.24) is 9.38 Å². The predicted molar refractivity (Wildman–Crippen MR) is 73.5 cm³/mol. The van der Waals surface area contributed by atoms with Crippen molar-refractivity contribution in [2.75, 3.05) is 0 Å². The molecule has 0 radical (unpaired) electrons. The topological polar surface area (TPSA) is 43.3 Å². The summed E-state index contributed by atoms with van der Waals surface area (Å²) in [6, 6.07) is 11.9. The van der Waals surface area contributed by atoms with Crippen molar-refractivity contribution >= 4 is 17.1 Å². The van der Waals surface area contributed by atoms with Gasteiger partial charge in [-0.05, 0) is 29.8 Å². The molecule has 0 aliphatic rings. The normalized spacial score (nSPS) is 11.0. The zero-order valence-electron chi connectivity index (χ0n) is 9.68. The maximum absolute atomic E-state index is 5.89. The minimum absolute atomic E-state index is 0.456. The quantitative estimate of drug-likeness (QED) is 0.767. The van der Waals surface area contributed by atoms with Crippen LogP contribution in [0.4, 0.5) is 0 Å². The van der Waals surface area contributed by atoms with Gasteiger partial charge in [0.1, 0.15) is 0 Å². The van der Waals surface area contributed by atoms with Crippen LogP contribution >= 0.6 is 11.6 Å². The second kappa shape index (κ2) is 4.44. The fraction of sp³-hybridized carbons (Fsp3) is 0.0714. The lowest BCUT2D eigenvalue weighted by atomic mass is 10.1. The molecule has 90 valence electrons. The Morgan fingerprint density at radius 3 is 2.61 bits per heavy atom. The molecule has 4 heteroatoms. The molecule has 2 aromatic heterocycles. The van der Waals surface area contributed by atoms with E-state index in [0.717, 1.165) is 27.4 Å². The van der Waals surface area contributed by atoms with E-state index in [2.05, 4.69) is 11.1 Å². The number of halogens is 1. The Hall–Kier alpha value is -1.84. The number of hydrogen-bond donors (Lipinski definition) is 1. The maximum Gasteiger partial charge on any atom is 0.0994 e. The number of benzene rings is 1. The van der Waals surface area contributed by atoms with Crippen molar-refractivity contribution in [2.24, 2.45) is 5.73 Å². The van der Waals surface area contributed by atoms with E-state index in [1.807, 2.05) is 40.9 Å². The number of rotatable bonds is 2. The van der Waals surface area contributed by atoms with E-state index in [-0.39, 0.29) is 0 Å². The van der Waals surface area contributed by atoms with Gasteiger partial charge in [0.2, 0.25) is 0 Å². The molecular weight excluding hydrogens is 246 g/mol. The molecule has 2 N–H and O–H groups in total. The highest BCUT2D eigenvalue weighted by Gasteiger charge is 2.03. The molecule has 0 bridgehead atoms. The van der Waals surface area contributed by atoms with Gasteiger partial charge in [0.25, 0.3) is 0 Å². The third-order valence-corrected chi connectivity index (χ3v) is 3.18. The summed E-state index contributed by atoms with van der Waals surface area (Å²) < 4.78 is 1.99. The largest absolute Gasteiger partial charge is 0.325 e. The zero-order valence-corrected chi connectivity index (χ0v) is 10.4. The fourth-order valence-electron chi connectivity index (χ4n) is 1.97. The van der Waals surface area contributed by atoms with Gasteiger partial charge in [-0.1, -0.05) is 23.7 Å². The highest BCUT2D eigenvalue weighted by molar-refractivity contribution is 6.30. The Morgan fingerprint density at radius 1 is 1.11 bits per heavy atom. The van der Waals surface area contributed by atoms with Crippen LogP contribution in [0.3, 0.4) is 0 Å². The van der Waals surface area contributed by atoms with E-state index in [0.29, 0.717) is 6.54 Å². The van der Waals surface area contributed by atoms with Gasteiger partial charge in [0, 0.05) is 28.8 Å². The zero-order chi connectivity index (χ0) is 12.5. The average molecular weight is 258 g/mol. The average Bonchev–Trinajstić information content (AvgIpc) is 2.82. The van der Waals surface area contributed by atoms with E-state index >= 15 is 0 Å². The third-order valence-electron chi connectivity index (χ3n) is 2.93. The molecule has 1 aromatic carbocycles. The number of nitrogens with two attached hydrogens (primary N) is 1. The fourth-order valence-corrected chi connectivity index (χ4v) is 2.09. The molecule has 18 heavy (non-hydrogen) atoms. The van der Waals surface area contributed by atoms with E-state index in [9.17, 15) is 0 Å².